The molecule has 3 N–H and O–H groups in total. The molecule has 6 nitrogen and oxygen atoms in total. The molecule has 1 atom stereocenters. The minimum Gasteiger partial charge on any atom is -0.480 e. The molecule has 0 bridgehead atoms. The van der Waals surface area contributed by atoms with Crippen LogP contribution in [-0.4, -0.2) is 44.9 Å². The fourth-order valence-corrected chi connectivity index (χ4v) is 1.47. The van der Waals surface area contributed by atoms with Crippen molar-refractivity contribution in [2.24, 2.45) is 0 Å². The number of hydrogen-bond donors (Lipinski definition) is 3. The molecule has 0 aliphatic heterocycles. The van der Waals surface area contributed by atoms with E-state index >= 15 is 0 Å². The third-order valence-electron chi connectivity index (χ3n) is 1.78. The molecular weight excluding hydrogens is 208 g/mol. The highest BCUT2D eigenvalue weighted by atomic mass is 32.2. The molecule has 1 unspecified atom stereocenters. The van der Waals surface area contributed by atoms with Crippen molar-refractivity contribution < 1.29 is 18.3 Å². The van der Waals surface area contributed by atoms with Crippen molar-refractivity contribution in [3.8, 4) is 0 Å². The van der Waals surface area contributed by atoms with Crippen molar-refractivity contribution in [1.29, 1.82) is 0 Å². The second-order valence-electron chi connectivity index (χ2n) is 2.78. The molecule has 0 saturated heterocycles. The van der Waals surface area contributed by atoms with Gasteiger partial charge in [0.15, 0.2) is 0 Å². The molecular formula is C7H16N2O4S. The Morgan fingerprint density at radius 1 is 1.50 bits per heavy atom. The first-order chi connectivity index (χ1) is 6.43. The largest absolute Gasteiger partial charge is 0.480 e. The normalized spacial score (nSPS) is 13.9. The number of rotatable bonds is 7. The zero-order valence-corrected chi connectivity index (χ0v) is 9.10. The van der Waals surface area contributed by atoms with Gasteiger partial charge in [0.25, 0.3) is 0 Å². The van der Waals surface area contributed by atoms with Gasteiger partial charge in [-0.25, -0.2) is 13.1 Å². The number of nitrogens with one attached hydrogen (secondary N) is 2. The van der Waals surface area contributed by atoms with Crippen LogP contribution in [0, 0.1) is 0 Å². The first-order valence-corrected chi connectivity index (χ1v) is 5.95. The Bertz CT molecular complexity index is 275. The van der Waals surface area contributed by atoms with Gasteiger partial charge in [0, 0.05) is 6.54 Å². The Kier molecular flexibility index (Phi) is 5.66. The van der Waals surface area contributed by atoms with Crippen molar-refractivity contribution in [3.05, 3.63) is 0 Å². The van der Waals surface area contributed by atoms with Crippen LogP contribution >= 0.6 is 0 Å². The first kappa shape index (κ1) is 13.3. The van der Waals surface area contributed by atoms with Gasteiger partial charge in [-0.05, 0) is 13.5 Å². The lowest BCUT2D eigenvalue weighted by atomic mass is 10.2. The fraction of sp³-hybridized carbons (Fsp3) is 0.857. The van der Waals surface area contributed by atoms with Crippen LogP contribution < -0.4 is 10.0 Å². The molecule has 0 aromatic rings. The van der Waals surface area contributed by atoms with Crippen molar-refractivity contribution >= 4 is 16.0 Å². The molecule has 0 rings (SSSR count). The molecule has 0 aliphatic carbocycles. The van der Waals surface area contributed by atoms with Gasteiger partial charge in [0.1, 0.15) is 6.04 Å². The fourth-order valence-electron chi connectivity index (χ4n) is 0.876. The summed E-state index contributed by atoms with van der Waals surface area (Å²) < 4.78 is 24.0. The molecule has 7 heteroatoms. The van der Waals surface area contributed by atoms with E-state index in [-0.39, 0.29) is 12.3 Å². The van der Waals surface area contributed by atoms with Gasteiger partial charge in [-0.1, -0.05) is 6.92 Å². The molecule has 0 aliphatic rings. The van der Waals surface area contributed by atoms with Crippen LogP contribution in [0.5, 0.6) is 0 Å². The Labute approximate surface area is 83.7 Å². The van der Waals surface area contributed by atoms with Crippen LogP contribution in [-0.2, 0) is 14.8 Å². The average Bonchev–Trinajstić information content (AvgIpc) is 2.12. The zero-order chi connectivity index (χ0) is 11.2. The molecule has 84 valence electrons. The maximum absolute atomic E-state index is 10.9. The summed E-state index contributed by atoms with van der Waals surface area (Å²) in [5, 5.41) is 11.3. The maximum atomic E-state index is 10.9. The van der Waals surface area contributed by atoms with E-state index < -0.39 is 22.0 Å². The Balaban J connectivity index is 3.89. The number of hydrogen-bond acceptors (Lipinski definition) is 4. The predicted molar refractivity (Wildman–Crippen MR) is 52.6 cm³/mol. The molecule has 0 spiro atoms. The number of sulfonamides is 1. The van der Waals surface area contributed by atoms with Crippen molar-refractivity contribution in [3.63, 3.8) is 0 Å². The molecule has 0 radical (unpaired) electrons. The monoisotopic (exact) mass is 224 g/mol. The molecule has 0 amide bonds. The van der Waals surface area contributed by atoms with Crippen LogP contribution in [0.2, 0.25) is 0 Å². The third-order valence-corrected chi connectivity index (χ3v) is 3.14. The number of aliphatic carboxylic acids is 1. The quantitative estimate of drug-likeness (QED) is 0.515. The van der Waals surface area contributed by atoms with E-state index in [1.807, 2.05) is 0 Å². The van der Waals surface area contributed by atoms with Crippen LogP contribution in [0.3, 0.4) is 0 Å². The van der Waals surface area contributed by atoms with Gasteiger partial charge >= 0.3 is 5.97 Å². The van der Waals surface area contributed by atoms with Gasteiger partial charge in [0.05, 0.1) is 5.75 Å². The van der Waals surface area contributed by atoms with E-state index in [0.29, 0.717) is 6.42 Å². The minimum atomic E-state index is -3.25. The topological polar surface area (TPSA) is 95.5 Å². The van der Waals surface area contributed by atoms with Gasteiger partial charge in [-0.15, -0.1) is 0 Å². The summed E-state index contributed by atoms with van der Waals surface area (Å²) in [4.78, 5) is 10.5. The standard InChI is InChI=1S/C7H16N2O4S/c1-3-6(7(10)11)9-4-5-14(12,13)8-2/h6,8-9H,3-5H2,1-2H3,(H,10,11). The Morgan fingerprint density at radius 2 is 2.07 bits per heavy atom. The Morgan fingerprint density at radius 3 is 2.43 bits per heavy atom. The lowest BCUT2D eigenvalue weighted by Gasteiger charge is -2.11. The van der Waals surface area contributed by atoms with E-state index in [1.54, 1.807) is 6.92 Å². The minimum absolute atomic E-state index is 0.118. The van der Waals surface area contributed by atoms with Crippen molar-refractivity contribution in [2.75, 3.05) is 19.3 Å². The first-order valence-electron chi connectivity index (χ1n) is 4.30. The predicted octanol–water partition coefficient (Wildman–Crippen LogP) is -1.01. The highest BCUT2D eigenvalue weighted by Gasteiger charge is 2.15. The number of carbonyl (C=O) groups is 1. The summed E-state index contributed by atoms with van der Waals surface area (Å²) in [6, 6.07) is -0.679. The zero-order valence-electron chi connectivity index (χ0n) is 8.28. The lowest BCUT2D eigenvalue weighted by molar-refractivity contribution is -0.139. The average molecular weight is 224 g/mol. The van der Waals surface area contributed by atoms with Crippen molar-refractivity contribution in [2.45, 2.75) is 19.4 Å². The van der Waals surface area contributed by atoms with Crippen LogP contribution in [0.15, 0.2) is 0 Å². The third kappa shape index (κ3) is 5.15. The summed E-state index contributed by atoms with van der Waals surface area (Å²) in [6.45, 7) is 1.85. The van der Waals surface area contributed by atoms with E-state index in [1.165, 1.54) is 7.05 Å². The number of carboxylic acid groups (broad SMARTS) is 1. The second-order valence-corrected chi connectivity index (χ2v) is 4.82. The highest BCUT2D eigenvalue weighted by molar-refractivity contribution is 7.89. The van der Waals surface area contributed by atoms with Gasteiger partial charge < -0.3 is 10.4 Å². The summed E-state index contributed by atoms with van der Waals surface area (Å²) in [7, 11) is -1.93. The lowest BCUT2D eigenvalue weighted by Crippen LogP contribution is -2.40. The van der Waals surface area contributed by atoms with Gasteiger partial charge in [-0.2, -0.15) is 0 Å². The van der Waals surface area contributed by atoms with Gasteiger partial charge in [-0.3, -0.25) is 4.79 Å². The smallest absolute Gasteiger partial charge is 0.320 e. The summed E-state index contributed by atoms with van der Waals surface area (Å²) >= 11 is 0. The van der Waals surface area contributed by atoms with E-state index in [4.69, 9.17) is 5.11 Å². The summed E-state index contributed by atoms with van der Waals surface area (Å²) in [6.07, 6.45) is 0.426. The van der Waals surface area contributed by atoms with Crippen LogP contribution in [0.25, 0.3) is 0 Å². The molecule has 14 heavy (non-hydrogen) atoms. The van der Waals surface area contributed by atoms with E-state index in [2.05, 4.69) is 10.0 Å². The molecule has 0 aromatic carbocycles. The van der Waals surface area contributed by atoms with Crippen LogP contribution in [0.4, 0.5) is 0 Å². The maximum Gasteiger partial charge on any atom is 0.320 e. The van der Waals surface area contributed by atoms with Gasteiger partial charge in [0.2, 0.25) is 10.0 Å². The van der Waals surface area contributed by atoms with E-state index in [0.717, 1.165) is 0 Å². The summed E-state index contributed by atoms with van der Waals surface area (Å²) in [5.41, 5.74) is 0. The Hall–Kier alpha value is -0.660. The molecule has 0 saturated carbocycles. The summed E-state index contributed by atoms with van der Waals surface area (Å²) in [5.74, 6) is -1.08. The van der Waals surface area contributed by atoms with Crippen molar-refractivity contribution in [1.82, 2.24) is 10.0 Å². The molecule has 0 aromatic heterocycles. The van der Waals surface area contributed by atoms with Crippen LogP contribution in [0.1, 0.15) is 13.3 Å². The second kappa shape index (κ2) is 5.94. The molecule has 0 fully saturated rings. The SMILES string of the molecule is CCC(NCCS(=O)(=O)NC)C(=O)O. The highest BCUT2D eigenvalue weighted by Crippen LogP contribution is 1.90. The van der Waals surface area contributed by atoms with E-state index in [9.17, 15) is 13.2 Å². The molecule has 0 heterocycles. The number of carboxylic acids is 1.